The summed E-state index contributed by atoms with van der Waals surface area (Å²) in [4.78, 5) is 0. The van der Waals surface area contributed by atoms with Crippen LogP contribution >= 0.6 is 0 Å². The van der Waals surface area contributed by atoms with Gasteiger partial charge in [-0.3, -0.25) is 0 Å². The topological polar surface area (TPSA) is 17.0 Å². The van der Waals surface area contributed by atoms with E-state index < -0.39 is 0 Å². The second-order valence-corrected chi connectivity index (χ2v) is 4.26. The quantitative estimate of drug-likeness (QED) is 0.813. The number of nitrogens with zero attached hydrogens (tertiary/aromatic N) is 1. The van der Waals surface area contributed by atoms with E-state index in [1.54, 1.807) is 0 Å². The van der Waals surface area contributed by atoms with Gasteiger partial charge in [-0.05, 0) is 55.6 Å². The molecule has 2 nitrogen and oxygen atoms in total. The van der Waals surface area contributed by atoms with Gasteiger partial charge in [-0.2, -0.15) is 0 Å². The Morgan fingerprint density at radius 3 is 2.88 bits per heavy atom. The van der Waals surface area contributed by atoms with E-state index in [1.807, 2.05) is 7.05 Å². The highest BCUT2D eigenvalue weighted by Crippen LogP contribution is 2.18. The summed E-state index contributed by atoms with van der Waals surface area (Å²) in [5, 5.41) is 4.55. The second kappa shape index (κ2) is 5.17. The van der Waals surface area contributed by atoms with Gasteiger partial charge in [0, 0.05) is 18.3 Å². The number of likely N-dealkylation sites (N-methyl/N-ethyl adjacent to an activating group) is 1. The average molecular weight is 216 g/mol. The Hall–Kier alpha value is -1.28. The molecule has 0 aliphatic carbocycles. The van der Waals surface area contributed by atoms with E-state index in [2.05, 4.69) is 47.3 Å². The van der Waals surface area contributed by atoms with Gasteiger partial charge in [0.1, 0.15) is 0 Å². The van der Waals surface area contributed by atoms with Crippen LogP contribution < -0.4 is 5.32 Å². The van der Waals surface area contributed by atoms with Crippen LogP contribution in [0.4, 0.5) is 0 Å². The summed E-state index contributed by atoms with van der Waals surface area (Å²) in [6, 6.07) is 9.01. The van der Waals surface area contributed by atoms with Crippen molar-refractivity contribution in [2.24, 2.45) is 0 Å². The smallest absolute Gasteiger partial charge is 0.0480 e. The monoisotopic (exact) mass is 216 g/mol. The Labute approximate surface area is 97.3 Å². The number of benzene rings is 1. The van der Waals surface area contributed by atoms with E-state index in [1.165, 1.54) is 22.9 Å². The molecule has 0 radical (unpaired) electrons. The van der Waals surface area contributed by atoms with E-state index in [4.69, 9.17) is 0 Å². The Balaban J connectivity index is 2.26. The van der Waals surface area contributed by atoms with Crippen LogP contribution in [0.15, 0.2) is 30.5 Å². The summed E-state index contributed by atoms with van der Waals surface area (Å²) >= 11 is 0. The highest BCUT2D eigenvalue weighted by molar-refractivity contribution is 5.80. The van der Waals surface area contributed by atoms with Gasteiger partial charge in [0.2, 0.25) is 0 Å². The zero-order valence-corrected chi connectivity index (χ0v) is 10.2. The Kier molecular flexibility index (Phi) is 3.62. The molecule has 2 rings (SSSR count). The van der Waals surface area contributed by atoms with E-state index in [0.717, 1.165) is 19.5 Å². The zero-order valence-electron chi connectivity index (χ0n) is 10.2. The fourth-order valence-corrected chi connectivity index (χ4v) is 2.11. The number of fused-ring (bicyclic) bond motifs is 1. The predicted molar refractivity (Wildman–Crippen MR) is 69.9 cm³/mol. The van der Waals surface area contributed by atoms with Crippen LogP contribution in [0, 0.1) is 0 Å². The van der Waals surface area contributed by atoms with Crippen LogP contribution in [-0.2, 0) is 13.0 Å². The standard InChI is InChI=1S/C14H20N2/c1-3-9-16-10-7-13-11-12(6-8-15-2)4-5-14(13)16/h4-5,7,10-11,15H,3,6,8-9H2,1-2H3. The summed E-state index contributed by atoms with van der Waals surface area (Å²) in [5.41, 5.74) is 2.77. The molecule has 16 heavy (non-hydrogen) atoms. The number of nitrogens with one attached hydrogen (secondary N) is 1. The molecular formula is C14H20N2. The third-order valence-electron chi connectivity index (χ3n) is 2.96. The lowest BCUT2D eigenvalue weighted by Crippen LogP contribution is -2.10. The minimum absolute atomic E-state index is 1.04. The maximum absolute atomic E-state index is 3.18. The maximum Gasteiger partial charge on any atom is 0.0480 e. The third-order valence-corrected chi connectivity index (χ3v) is 2.96. The maximum atomic E-state index is 3.18. The molecular weight excluding hydrogens is 196 g/mol. The van der Waals surface area contributed by atoms with Crippen molar-refractivity contribution in [3.05, 3.63) is 36.0 Å². The molecule has 0 bridgehead atoms. The summed E-state index contributed by atoms with van der Waals surface area (Å²) < 4.78 is 2.33. The molecule has 0 atom stereocenters. The molecule has 0 unspecified atom stereocenters. The Morgan fingerprint density at radius 1 is 1.25 bits per heavy atom. The zero-order chi connectivity index (χ0) is 11.4. The number of hydrogen-bond acceptors (Lipinski definition) is 1. The minimum Gasteiger partial charge on any atom is -0.347 e. The first-order valence-electron chi connectivity index (χ1n) is 6.07. The van der Waals surface area contributed by atoms with Crippen molar-refractivity contribution in [1.29, 1.82) is 0 Å². The van der Waals surface area contributed by atoms with Gasteiger partial charge in [-0.15, -0.1) is 0 Å². The molecule has 0 aliphatic heterocycles. The summed E-state index contributed by atoms with van der Waals surface area (Å²) in [6.45, 7) is 4.37. The third kappa shape index (κ3) is 2.27. The first-order valence-corrected chi connectivity index (χ1v) is 6.07. The van der Waals surface area contributed by atoms with Gasteiger partial charge in [0.15, 0.2) is 0 Å². The van der Waals surface area contributed by atoms with Crippen molar-refractivity contribution in [2.75, 3.05) is 13.6 Å². The Bertz CT molecular complexity index is 457. The molecule has 0 fully saturated rings. The Morgan fingerprint density at radius 2 is 2.12 bits per heavy atom. The van der Waals surface area contributed by atoms with Gasteiger partial charge in [0.05, 0.1) is 0 Å². The molecule has 0 aliphatic rings. The predicted octanol–water partition coefficient (Wildman–Crippen LogP) is 2.81. The lowest BCUT2D eigenvalue weighted by molar-refractivity contribution is 0.703. The molecule has 1 aromatic carbocycles. The van der Waals surface area contributed by atoms with Crippen molar-refractivity contribution in [3.8, 4) is 0 Å². The second-order valence-electron chi connectivity index (χ2n) is 4.26. The van der Waals surface area contributed by atoms with E-state index in [-0.39, 0.29) is 0 Å². The van der Waals surface area contributed by atoms with E-state index in [9.17, 15) is 0 Å². The molecule has 1 aromatic heterocycles. The van der Waals surface area contributed by atoms with Crippen molar-refractivity contribution < 1.29 is 0 Å². The van der Waals surface area contributed by atoms with Gasteiger partial charge in [0.25, 0.3) is 0 Å². The average Bonchev–Trinajstić information content (AvgIpc) is 2.70. The highest BCUT2D eigenvalue weighted by atomic mass is 14.9. The minimum atomic E-state index is 1.04. The van der Waals surface area contributed by atoms with Crippen LogP contribution in [0.5, 0.6) is 0 Å². The largest absolute Gasteiger partial charge is 0.347 e. The molecule has 2 aromatic rings. The SMILES string of the molecule is CCCn1ccc2cc(CCNC)ccc21. The molecule has 1 heterocycles. The summed E-state index contributed by atoms with van der Waals surface area (Å²) in [5.74, 6) is 0. The van der Waals surface area contributed by atoms with Gasteiger partial charge in [-0.25, -0.2) is 0 Å². The lowest BCUT2D eigenvalue weighted by Gasteiger charge is -2.04. The first-order chi connectivity index (χ1) is 7.85. The van der Waals surface area contributed by atoms with Crippen molar-refractivity contribution in [3.63, 3.8) is 0 Å². The van der Waals surface area contributed by atoms with Gasteiger partial charge >= 0.3 is 0 Å². The van der Waals surface area contributed by atoms with Crippen LogP contribution in [-0.4, -0.2) is 18.2 Å². The molecule has 0 saturated heterocycles. The summed E-state index contributed by atoms with van der Waals surface area (Å²) in [7, 11) is 2.00. The highest BCUT2D eigenvalue weighted by Gasteiger charge is 2.01. The molecule has 0 amide bonds. The van der Waals surface area contributed by atoms with Gasteiger partial charge < -0.3 is 9.88 Å². The number of aromatic nitrogens is 1. The number of hydrogen-bond donors (Lipinski definition) is 1. The van der Waals surface area contributed by atoms with E-state index in [0.29, 0.717) is 0 Å². The molecule has 1 N–H and O–H groups in total. The molecule has 0 saturated carbocycles. The van der Waals surface area contributed by atoms with E-state index >= 15 is 0 Å². The first kappa shape index (κ1) is 11.2. The van der Waals surface area contributed by atoms with Crippen molar-refractivity contribution in [2.45, 2.75) is 26.3 Å². The van der Waals surface area contributed by atoms with Crippen LogP contribution in [0.2, 0.25) is 0 Å². The van der Waals surface area contributed by atoms with Gasteiger partial charge in [-0.1, -0.05) is 13.0 Å². The van der Waals surface area contributed by atoms with Crippen molar-refractivity contribution in [1.82, 2.24) is 9.88 Å². The number of aryl methyl sites for hydroxylation is 1. The van der Waals surface area contributed by atoms with Crippen LogP contribution in [0.1, 0.15) is 18.9 Å². The van der Waals surface area contributed by atoms with Crippen LogP contribution in [0.25, 0.3) is 10.9 Å². The van der Waals surface area contributed by atoms with Crippen LogP contribution in [0.3, 0.4) is 0 Å². The fraction of sp³-hybridized carbons (Fsp3) is 0.429. The molecule has 86 valence electrons. The van der Waals surface area contributed by atoms with Crippen molar-refractivity contribution >= 4 is 10.9 Å². The fourth-order valence-electron chi connectivity index (χ4n) is 2.11. The lowest BCUT2D eigenvalue weighted by atomic mass is 10.1. The normalized spacial score (nSPS) is 11.1. The molecule has 2 heteroatoms. The summed E-state index contributed by atoms with van der Waals surface area (Å²) in [6.07, 6.45) is 4.48. The molecule has 0 spiro atoms. The number of rotatable bonds is 5.